The maximum absolute atomic E-state index is 13.7. The molecule has 0 saturated carbocycles. The van der Waals surface area contributed by atoms with E-state index >= 15 is 0 Å². The predicted molar refractivity (Wildman–Crippen MR) is 80.7 cm³/mol. The SMILES string of the molecule is Cc1ccccc1CC(N)Cc1ccc(Br)cc1F. The minimum atomic E-state index is -0.199. The molecule has 0 saturated heterocycles. The Hall–Kier alpha value is -1.19. The van der Waals surface area contributed by atoms with Gasteiger partial charge in [0.25, 0.3) is 0 Å². The molecule has 2 N–H and O–H groups in total. The first-order chi connectivity index (χ1) is 9.06. The molecule has 3 heteroatoms. The van der Waals surface area contributed by atoms with E-state index in [0.29, 0.717) is 12.0 Å². The number of nitrogens with two attached hydrogens (primary N) is 1. The van der Waals surface area contributed by atoms with Crippen molar-refractivity contribution < 1.29 is 4.39 Å². The summed E-state index contributed by atoms with van der Waals surface area (Å²) in [5.41, 5.74) is 9.27. The van der Waals surface area contributed by atoms with Gasteiger partial charge in [-0.05, 0) is 48.6 Å². The lowest BCUT2D eigenvalue weighted by Gasteiger charge is -2.14. The van der Waals surface area contributed by atoms with E-state index in [0.717, 1.165) is 10.9 Å². The van der Waals surface area contributed by atoms with Crippen LogP contribution in [0.2, 0.25) is 0 Å². The van der Waals surface area contributed by atoms with E-state index in [2.05, 4.69) is 35.0 Å². The molecule has 0 aromatic heterocycles. The maximum Gasteiger partial charge on any atom is 0.127 e. The van der Waals surface area contributed by atoms with E-state index < -0.39 is 0 Å². The molecule has 0 fully saturated rings. The Morgan fingerprint density at radius 3 is 2.47 bits per heavy atom. The van der Waals surface area contributed by atoms with Crippen molar-refractivity contribution in [3.05, 3.63) is 69.4 Å². The minimum absolute atomic E-state index is 0.0724. The van der Waals surface area contributed by atoms with E-state index in [-0.39, 0.29) is 11.9 Å². The van der Waals surface area contributed by atoms with Gasteiger partial charge in [-0.1, -0.05) is 46.3 Å². The van der Waals surface area contributed by atoms with E-state index in [4.69, 9.17) is 5.73 Å². The van der Waals surface area contributed by atoms with Gasteiger partial charge in [-0.25, -0.2) is 4.39 Å². The summed E-state index contributed by atoms with van der Waals surface area (Å²) in [5.74, 6) is -0.199. The fraction of sp³-hybridized carbons (Fsp3) is 0.250. The summed E-state index contributed by atoms with van der Waals surface area (Å²) in [4.78, 5) is 0. The molecule has 2 aromatic rings. The van der Waals surface area contributed by atoms with E-state index in [1.807, 2.05) is 18.2 Å². The van der Waals surface area contributed by atoms with Crippen molar-refractivity contribution in [1.82, 2.24) is 0 Å². The standard InChI is InChI=1S/C16H17BrFN/c1-11-4-2-3-5-12(11)8-15(19)9-13-6-7-14(17)10-16(13)18/h2-7,10,15H,8-9,19H2,1H3. The molecule has 0 aliphatic heterocycles. The van der Waals surface area contributed by atoms with E-state index in [1.165, 1.54) is 17.2 Å². The molecule has 1 atom stereocenters. The van der Waals surface area contributed by atoms with E-state index in [1.54, 1.807) is 6.07 Å². The van der Waals surface area contributed by atoms with Gasteiger partial charge in [0.2, 0.25) is 0 Å². The summed E-state index contributed by atoms with van der Waals surface area (Å²) < 4.78 is 14.5. The average Bonchev–Trinajstić information content (AvgIpc) is 2.36. The first kappa shape index (κ1) is 14.2. The second kappa shape index (κ2) is 6.31. The van der Waals surface area contributed by atoms with E-state index in [9.17, 15) is 4.39 Å². The van der Waals surface area contributed by atoms with Gasteiger partial charge in [0.15, 0.2) is 0 Å². The van der Waals surface area contributed by atoms with Gasteiger partial charge in [-0.3, -0.25) is 0 Å². The van der Waals surface area contributed by atoms with Crippen LogP contribution in [0.1, 0.15) is 16.7 Å². The number of hydrogen-bond acceptors (Lipinski definition) is 1. The number of rotatable bonds is 4. The zero-order valence-electron chi connectivity index (χ0n) is 10.9. The third-order valence-electron chi connectivity index (χ3n) is 3.24. The van der Waals surface area contributed by atoms with Crippen LogP contribution in [0.5, 0.6) is 0 Å². The first-order valence-corrected chi connectivity index (χ1v) is 7.09. The Morgan fingerprint density at radius 2 is 1.79 bits per heavy atom. The van der Waals surface area contributed by atoms with Crippen molar-refractivity contribution >= 4 is 15.9 Å². The summed E-state index contributed by atoms with van der Waals surface area (Å²) in [6.07, 6.45) is 1.32. The van der Waals surface area contributed by atoms with Crippen LogP contribution in [0.3, 0.4) is 0 Å². The van der Waals surface area contributed by atoms with Crippen LogP contribution in [0.25, 0.3) is 0 Å². The molecule has 1 nitrogen and oxygen atoms in total. The van der Waals surface area contributed by atoms with Crippen LogP contribution in [-0.4, -0.2) is 6.04 Å². The van der Waals surface area contributed by atoms with Gasteiger partial charge in [-0.2, -0.15) is 0 Å². The highest BCUT2D eigenvalue weighted by Crippen LogP contribution is 2.18. The summed E-state index contributed by atoms with van der Waals surface area (Å²) in [7, 11) is 0. The highest BCUT2D eigenvalue weighted by Gasteiger charge is 2.10. The molecule has 0 aliphatic rings. The minimum Gasteiger partial charge on any atom is -0.327 e. The molecule has 0 radical (unpaired) electrons. The van der Waals surface area contributed by atoms with Gasteiger partial charge in [-0.15, -0.1) is 0 Å². The van der Waals surface area contributed by atoms with Crippen LogP contribution in [0, 0.1) is 12.7 Å². The molecular formula is C16H17BrFN. The van der Waals surface area contributed by atoms with Crippen LogP contribution in [-0.2, 0) is 12.8 Å². The first-order valence-electron chi connectivity index (χ1n) is 6.30. The Morgan fingerprint density at radius 1 is 1.11 bits per heavy atom. The van der Waals surface area contributed by atoms with Crippen LogP contribution in [0.4, 0.5) is 4.39 Å². The third-order valence-corrected chi connectivity index (χ3v) is 3.73. The van der Waals surface area contributed by atoms with Gasteiger partial charge >= 0.3 is 0 Å². The lowest BCUT2D eigenvalue weighted by Crippen LogP contribution is -2.26. The highest BCUT2D eigenvalue weighted by molar-refractivity contribution is 9.10. The fourth-order valence-corrected chi connectivity index (χ4v) is 2.50. The molecule has 100 valence electrons. The molecule has 0 heterocycles. The smallest absolute Gasteiger partial charge is 0.127 e. The molecule has 0 bridgehead atoms. The fourth-order valence-electron chi connectivity index (χ4n) is 2.16. The molecule has 0 spiro atoms. The Bertz CT molecular complexity index is 568. The molecule has 19 heavy (non-hydrogen) atoms. The third kappa shape index (κ3) is 3.88. The second-order valence-electron chi connectivity index (χ2n) is 4.83. The number of benzene rings is 2. The molecule has 2 rings (SSSR count). The molecule has 0 aliphatic carbocycles. The summed E-state index contributed by atoms with van der Waals surface area (Å²) in [6.45, 7) is 2.07. The molecule has 2 aromatic carbocycles. The molecule has 0 amide bonds. The zero-order valence-corrected chi connectivity index (χ0v) is 12.5. The lowest BCUT2D eigenvalue weighted by molar-refractivity contribution is 0.583. The Kier molecular flexibility index (Phi) is 4.72. The largest absolute Gasteiger partial charge is 0.327 e. The zero-order chi connectivity index (χ0) is 13.8. The van der Waals surface area contributed by atoms with Crippen LogP contribution >= 0.6 is 15.9 Å². The van der Waals surface area contributed by atoms with Crippen molar-refractivity contribution in [2.24, 2.45) is 5.73 Å². The summed E-state index contributed by atoms with van der Waals surface area (Å²) >= 11 is 3.25. The van der Waals surface area contributed by atoms with Crippen molar-refractivity contribution in [1.29, 1.82) is 0 Å². The summed E-state index contributed by atoms with van der Waals surface area (Å²) in [5, 5.41) is 0. The quantitative estimate of drug-likeness (QED) is 0.904. The summed E-state index contributed by atoms with van der Waals surface area (Å²) in [6, 6.07) is 13.2. The Balaban J connectivity index is 2.05. The topological polar surface area (TPSA) is 26.0 Å². The second-order valence-corrected chi connectivity index (χ2v) is 5.75. The monoisotopic (exact) mass is 321 g/mol. The molecular weight excluding hydrogens is 305 g/mol. The van der Waals surface area contributed by atoms with Gasteiger partial charge in [0.1, 0.15) is 5.82 Å². The van der Waals surface area contributed by atoms with Crippen molar-refractivity contribution in [2.45, 2.75) is 25.8 Å². The van der Waals surface area contributed by atoms with Crippen molar-refractivity contribution in [3.8, 4) is 0 Å². The number of halogens is 2. The number of hydrogen-bond donors (Lipinski definition) is 1. The number of aryl methyl sites for hydroxylation is 1. The van der Waals surface area contributed by atoms with Gasteiger partial charge in [0.05, 0.1) is 0 Å². The normalized spacial score (nSPS) is 12.4. The molecule has 1 unspecified atom stereocenters. The lowest BCUT2D eigenvalue weighted by atomic mass is 9.97. The van der Waals surface area contributed by atoms with Gasteiger partial charge < -0.3 is 5.73 Å². The highest BCUT2D eigenvalue weighted by atomic mass is 79.9. The maximum atomic E-state index is 13.7. The Labute approximate surface area is 121 Å². The van der Waals surface area contributed by atoms with Crippen molar-refractivity contribution in [3.63, 3.8) is 0 Å². The van der Waals surface area contributed by atoms with Crippen molar-refractivity contribution in [2.75, 3.05) is 0 Å². The van der Waals surface area contributed by atoms with Crippen LogP contribution < -0.4 is 5.73 Å². The average molecular weight is 322 g/mol. The predicted octanol–water partition coefficient (Wildman–Crippen LogP) is 4.01. The van der Waals surface area contributed by atoms with Gasteiger partial charge in [0, 0.05) is 10.5 Å². The van der Waals surface area contributed by atoms with Crippen LogP contribution in [0.15, 0.2) is 46.9 Å².